The normalized spacial score (nSPS) is 12.2. The van der Waals surface area contributed by atoms with Gasteiger partial charge in [-0.3, -0.25) is 0 Å². The zero-order valence-corrected chi connectivity index (χ0v) is 8.46. The van der Waals surface area contributed by atoms with Crippen LogP contribution in [0.25, 0.3) is 10.9 Å². The topological polar surface area (TPSA) is 30.9 Å². The molecule has 1 heterocycles. The summed E-state index contributed by atoms with van der Waals surface area (Å²) in [6.07, 6.45) is -3.29. The molecule has 0 saturated carbocycles. The molecule has 0 aliphatic rings. The maximum Gasteiger partial charge on any atom is 0.390 e. The lowest BCUT2D eigenvalue weighted by molar-refractivity contribution is -0.136. The first-order valence-corrected chi connectivity index (χ1v) is 4.87. The third-order valence-corrected chi connectivity index (χ3v) is 2.43. The van der Waals surface area contributed by atoms with Crippen LogP contribution in [0.4, 0.5) is 18.9 Å². The minimum Gasteiger partial charge on any atom is -0.399 e. The molecule has 5 heteroatoms. The number of fused-ring (bicyclic) bond motifs is 1. The Hall–Kier alpha value is -1.65. The van der Waals surface area contributed by atoms with Crippen molar-refractivity contribution in [3.8, 4) is 0 Å². The number of nitrogen functional groups attached to an aromatic ring is 1. The molecule has 2 aromatic rings. The summed E-state index contributed by atoms with van der Waals surface area (Å²) >= 11 is 0. The lowest BCUT2D eigenvalue weighted by Gasteiger charge is -2.08. The van der Waals surface area contributed by atoms with E-state index >= 15 is 0 Å². The molecule has 0 atom stereocenters. The van der Waals surface area contributed by atoms with Crippen molar-refractivity contribution in [1.29, 1.82) is 0 Å². The number of benzene rings is 1. The molecule has 0 fully saturated rings. The standard InChI is InChI=1S/C11H11F3N2/c12-11(13,14)4-6-16-5-3-8-7-9(15)1-2-10(8)16/h1-3,5,7H,4,6,15H2. The van der Waals surface area contributed by atoms with Gasteiger partial charge in [-0.1, -0.05) is 0 Å². The summed E-state index contributed by atoms with van der Waals surface area (Å²) < 4.78 is 37.8. The minimum absolute atomic E-state index is 0.0586. The molecule has 0 saturated heterocycles. The molecule has 0 amide bonds. The van der Waals surface area contributed by atoms with Gasteiger partial charge in [0.25, 0.3) is 0 Å². The summed E-state index contributed by atoms with van der Waals surface area (Å²) in [4.78, 5) is 0. The molecule has 2 N–H and O–H groups in total. The Morgan fingerprint density at radius 2 is 1.94 bits per heavy atom. The van der Waals surface area contributed by atoms with Crippen LogP contribution < -0.4 is 5.73 Å². The fraction of sp³-hybridized carbons (Fsp3) is 0.273. The van der Waals surface area contributed by atoms with E-state index in [1.807, 2.05) is 0 Å². The summed E-state index contributed by atoms with van der Waals surface area (Å²) in [5.41, 5.74) is 6.98. The van der Waals surface area contributed by atoms with Crippen molar-refractivity contribution >= 4 is 16.6 Å². The molecule has 2 rings (SSSR count). The first-order valence-electron chi connectivity index (χ1n) is 4.87. The molecule has 1 aromatic carbocycles. The van der Waals surface area contributed by atoms with Gasteiger partial charge in [-0.25, -0.2) is 0 Å². The molecule has 2 nitrogen and oxygen atoms in total. The summed E-state index contributed by atoms with van der Waals surface area (Å²) in [6.45, 7) is -0.0586. The lowest BCUT2D eigenvalue weighted by Crippen LogP contribution is -2.11. The summed E-state index contributed by atoms with van der Waals surface area (Å²) in [7, 11) is 0. The van der Waals surface area contributed by atoms with Crippen molar-refractivity contribution in [1.82, 2.24) is 4.57 Å². The van der Waals surface area contributed by atoms with Crippen LogP contribution in [0.3, 0.4) is 0 Å². The van der Waals surface area contributed by atoms with Crippen LogP contribution in [0.5, 0.6) is 0 Å². The summed E-state index contributed by atoms with van der Waals surface area (Å²) in [5.74, 6) is 0. The predicted octanol–water partition coefficient (Wildman–Crippen LogP) is 3.18. The van der Waals surface area contributed by atoms with E-state index in [-0.39, 0.29) is 6.54 Å². The predicted molar refractivity (Wildman–Crippen MR) is 57.0 cm³/mol. The molecule has 0 aliphatic heterocycles. The van der Waals surface area contributed by atoms with Crippen molar-refractivity contribution in [2.75, 3.05) is 5.73 Å². The number of anilines is 1. The molecule has 16 heavy (non-hydrogen) atoms. The van der Waals surface area contributed by atoms with E-state index in [1.165, 1.54) is 0 Å². The van der Waals surface area contributed by atoms with Gasteiger partial charge in [-0.15, -0.1) is 0 Å². The second-order valence-electron chi connectivity index (χ2n) is 3.69. The van der Waals surface area contributed by atoms with Crippen LogP contribution in [-0.2, 0) is 6.54 Å². The highest BCUT2D eigenvalue weighted by Gasteiger charge is 2.26. The Labute approximate surface area is 90.5 Å². The number of hydrogen-bond acceptors (Lipinski definition) is 1. The van der Waals surface area contributed by atoms with Crippen molar-refractivity contribution in [3.05, 3.63) is 30.5 Å². The number of rotatable bonds is 2. The van der Waals surface area contributed by atoms with Crippen LogP contribution >= 0.6 is 0 Å². The molecule has 0 spiro atoms. The van der Waals surface area contributed by atoms with E-state index in [1.54, 1.807) is 35.0 Å². The third kappa shape index (κ3) is 2.29. The summed E-state index contributed by atoms with van der Waals surface area (Å²) in [5, 5.41) is 0.863. The highest BCUT2D eigenvalue weighted by atomic mass is 19.4. The van der Waals surface area contributed by atoms with Gasteiger partial charge in [-0.05, 0) is 24.3 Å². The smallest absolute Gasteiger partial charge is 0.390 e. The van der Waals surface area contributed by atoms with Crippen LogP contribution in [0.15, 0.2) is 30.5 Å². The van der Waals surface area contributed by atoms with E-state index in [0.29, 0.717) is 5.69 Å². The maximum absolute atomic E-state index is 12.1. The van der Waals surface area contributed by atoms with Crippen molar-refractivity contribution in [2.24, 2.45) is 0 Å². The maximum atomic E-state index is 12.1. The van der Waals surface area contributed by atoms with Crippen molar-refractivity contribution in [3.63, 3.8) is 0 Å². The average molecular weight is 228 g/mol. The van der Waals surface area contributed by atoms with Gasteiger partial charge in [0.2, 0.25) is 0 Å². The molecule has 0 aliphatic carbocycles. The Balaban J connectivity index is 2.25. The van der Waals surface area contributed by atoms with Crippen LogP contribution in [-0.4, -0.2) is 10.7 Å². The number of aromatic nitrogens is 1. The second-order valence-corrected chi connectivity index (χ2v) is 3.69. The van der Waals surface area contributed by atoms with Gasteiger partial charge >= 0.3 is 6.18 Å². The van der Waals surface area contributed by atoms with E-state index in [2.05, 4.69) is 0 Å². The number of nitrogens with zero attached hydrogens (tertiary/aromatic N) is 1. The highest BCUT2D eigenvalue weighted by Crippen LogP contribution is 2.23. The number of halogens is 3. The monoisotopic (exact) mass is 228 g/mol. The van der Waals surface area contributed by atoms with E-state index in [0.717, 1.165) is 10.9 Å². The number of alkyl halides is 3. The van der Waals surface area contributed by atoms with Gasteiger partial charge in [-0.2, -0.15) is 13.2 Å². The quantitative estimate of drug-likeness (QED) is 0.786. The fourth-order valence-electron chi connectivity index (χ4n) is 1.66. The molecule has 0 bridgehead atoms. The SMILES string of the molecule is Nc1ccc2c(ccn2CCC(F)(F)F)c1. The zero-order valence-electron chi connectivity index (χ0n) is 8.46. The lowest BCUT2D eigenvalue weighted by atomic mass is 10.2. The minimum atomic E-state index is -4.12. The van der Waals surface area contributed by atoms with Crippen molar-refractivity contribution < 1.29 is 13.2 Å². The van der Waals surface area contributed by atoms with E-state index in [4.69, 9.17) is 5.73 Å². The zero-order chi connectivity index (χ0) is 11.8. The Morgan fingerprint density at radius 1 is 1.19 bits per heavy atom. The third-order valence-electron chi connectivity index (χ3n) is 2.43. The van der Waals surface area contributed by atoms with Crippen LogP contribution in [0, 0.1) is 0 Å². The van der Waals surface area contributed by atoms with Gasteiger partial charge in [0.1, 0.15) is 0 Å². The fourth-order valence-corrected chi connectivity index (χ4v) is 1.66. The number of aryl methyl sites for hydroxylation is 1. The Bertz CT molecular complexity index is 499. The van der Waals surface area contributed by atoms with E-state index < -0.39 is 12.6 Å². The molecule has 1 aromatic heterocycles. The first kappa shape index (κ1) is 10.9. The molecular formula is C11H11F3N2. The van der Waals surface area contributed by atoms with Gasteiger partial charge in [0, 0.05) is 29.3 Å². The van der Waals surface area contributed by atoms with Gasteiger partial charge < -0.3 is 10.3 Å². The molecule has 0 unspecified atom stereocenters. The van der Waals surface area contributed by atoms with Gasteiger partial charge in [0.05, 0.1) is 6.42 Å². The first-order chi connectivity index (χ1) is 7.46. The van der Waals surface area contributed by atoms with E-state index in [9.17, 15) is 13.2 Å². The number of nitrogens with two attached hydrogens (primary N) is 1. The van der Waals surface area contributed by atoms with Crippen LogP contribution in [0.1, 0.15) is 6.42 Å². The second kappa shape index (κ2) is 3.73. The molecular weight excluding hydrogens is 217 g/mol. The molecule has 86 valence electrons. The van der Waals surface area contributed by atoms with Crippen LogP contribution in [0.2, 0.25) is 0 Å². The van der Waals surface area contributed by atoms with Crippen molar-refractivity contribution in [2.45, 2.75) is 19.1 Å². The Kier molecular flexibility index (Phi) is 2.53. The number of hydrogen-bond donors (Lipinski definition) is 1. The average Bonchev–Trinajstić information content (AvgIpc) is 2.56. The largest absolute Gasteiger partial charge is 0.399 e. The summed E-state index contributed by atoms with van der Waals surface area (Å²) in [6, 6.07) is 6.94. The molecule has 0 radical (unpaired) electrons. The van der Waals surface area contributed by atoms with Gasteiger partial charge in [0.15, 0.2) is 0 Å². The highest BCUT2D eigenvalue weighted by molar-refractivity contribution is 5.83. The Morgan fingerprint density at radius 3 is 2.62 bits per heavy atom.